The smallest absolute Gasteiger partial charge is 0.259 e. The second kappa shape index (κ2) is 6.53. The number of halogens is 1. The van der Waals surface area contributed by atoms with E-state index in [1.807, 2.05) is 0 Å². The molecule has 0 bridgehead atoms. The molecule has 2 heterocycles. The summed E-state index contributed by atoms with van der Waals surface area (Å²) in [7, 11) is -3.71. The summed E-state index contributed by atoms with van der Waals surface area (Å²) in [5, 5.41) is 8.58. The Bertz CT molecular complexity index is 684. The highest BCUT2D eigenvalue weighted by molar-refractivity contribution is 7.89. The summed E-state index contributed by atoms with van der Waals surface area (Å²) in [5.41, 5.74) is 0.484. The lowest BCUT2D eigenvalue weighted by Crippen LogP contribution is -2.26. The molecule has 0 saturated carbocycles. The van der Waals surface area contributed by atoms with Gasteiger partial charge in [0, 0.05) is 19.3 Å². The van der Waals surface area contributed by atoms with Crippen LogP contribution in [-0.4, -0.2) is 36.1 Å². The van der Waals surface area contributed by atoms with Gasteiger partial charge in [-0.2, -0.15) is 0 Å². The van der Waals surface area contributed by atoms with Gasteiger partial charge in [-0.1, -0.05) is 17.7 Å². The average molecular weight is 318 g/mol. The Balaban J connectivity index is 2.17. The van der Waals surface area contributed by atoms with Crippen molar-refractivity contribution in [3.05, 3.63) is 29.5 Å². The van der Waals surface area contributed by atoms with Crippen molar-refractivity contribution in [1.82, 2.24) is 14.1 Å². The number of aliphatic hydroxyl groups excluding tert-OH is 1. The van der Waals surface area contributed by atoms with E-state index in [2.05, 4.69) is 9.71 Å². The molecule has 0 unspecified atom stereocenters. The SMILES string of the molecule is O=S(=O)(NCCCCCO)c1c(Cl)nc2ccccn12. The van der Waals surface area contributed by atoms with Crippen molar-refractivity contribution in [1.29, 1.82) is 0 Å². The lowest BCUT2D eigenvalue weighted by atomic mass is 10.2. The summed E-state index contributed by atoms with van der Waals surface area (Å²) in [6.07, 6.45) is 3.70. The molecule has 0 aromatic carbocycles. The first-order valence-electron chi connectivity index (χ1n) is 6.29. The van der Waals surface area contributed by atoms with Crippen LogP contribution in [0.5, 0.6) is 0 Å². The Kier molecular flexibility index (Phi) is 4.98. The fourth-order valence-electron chi connectivity index (χ4n) is 1.87. The van der Waals surface area contributed by atoms with Gasteiger partial charge in [-0.15, -0.1) is 0 Å². The van der Waals surface area contributed by atoms with Crippen LogP contribution in [0.3, 0.4) is 0 Å². The van der Waals surface area contributed by atoms with Crippen molar-refractivity contribution in [3.63, 3.8) is 0 Å². The van der Waals surface area contributed by atoms with Crippen LogP contribution < -0.4 is 4.72 Å². The first kappa shape index (κ1) is 15.2. The predicted octanol–water partition coefficient (Wildman–Crippen LogP) is 1.43. The molecule has 0 saturated heterocycles. The molecular weight excluding hydrogens is 302 g/mol. The highest BCUT2D eigenvalue weighted by atomic mass is 35.5. The van der Waals surface area contributed by atoms with Crippen molar-refractivity contribution in [2.45, 2.75) is 24.3 Å². The monoisotopic (exact) mass is 317 g/mol. The minimum Gasteiger partial charge on any atom is -0.396 e. The molecule has 2 N–H and O–H groups in total. The number of hydrogen-bond donors (Lipinski definition) is 2. The second-order valence-corrected chi connectivity index (χ2v) is 6.36. The van der Waals surface area contributed by atoms with Crippen LogP contribution in [0.15, 0.2) is 29.4 Å². The van der Waals surface area contributed by atoms with Crippen LogP contribution in [0.1, 0.15) is 19.3 Å². The topological polar surface area (TPSA) is 83.7 Å². The summed E-state index contributed by atoms with van der Waals surface area (Å²) in [4.78, 5) is 4.01. The quantitative estimate of drug-likeness (QED) is 0.757. The Hall–Kier alpha value is -1.15. The zero-order chi connectivity index (χ0) is 14.6. The molecule has 0 atom stereocenters. The number of sulfonamides is 1. The summed E-state index contributed by atoms with van der Waals surface area (Å²) >= 11 is 5.93. The molecule has 6 nitrogen and oxygen atoms in total. The molecular formula is C12H16ClN3O3S. The number of pyridine rings is 1. The number of unbranched alkanes of at least 4 members (excludes halogenated alkanes) is 2. The van der Waals surface area contributed by atoms with E-state index in [9.17, 15) is 8.42 Å². The van der Waals surface area contributed by atoms with E-state index in [-0.39, 0.29) is 16.8 Å². The zero-order valence-electron chi connectivity index (χ0n) is 10.8. The number of imidazole rings is 1. The largest absolute Gasteiger partial charge is 0.396 e. The maximum absolute atomic E-state index is 12.3. The van der Waals surface area contributed by atoms with Gasteiger partial charge in [0.25, 0.3) is 10.0 Å². The van der Waals surface area contributed by atoms with Crippen molar-refractivity contribution in [2.24, 2.45) is 0 Å². The molecule has 20 heavy (non-hydrogen) atoms. The number of nitrogens with zero attached hydrogens (tertiary/aromatic N) is 2. The molecule has 2 aromatic heterocycles. The van der Waals surface area contributed by atoms with Crippen molar-refractivity contribution >= 4 is 27.3 Å². The van der Waals surface area contributed by atoms with Crippen LogP contribution >= 0.6 is 11.6 Å². The second-order valence-electron chi connectivity index (χ2n) is 4.32. The fraction of sp³-hybridized carbons (Fsp3) is 0.417. The van der Waals surface area contributed by atoms with Crippen LogP contribution in [0.25, 0.3) is 5.65 Å². The lowest BCUT2D eigenvalue weighted by Gasteiger charge is -2.06. The standard InChI is InChI=1S/C12H16ClN3O3S/c13-11-12(16-8-4-2-6-10(16)15-11)20(18,19)14-7-3-1-5-9-17/h2,4,6,8,14,17H,1,3,5,7,9H2. The van der Waals surface area contributed by atoms with Crippen LogP contribution in [-0.2, 0) is 10.0 Å². The molecule has 2 rings (SSSR count). The third-order valence-electron chi connectivity index (χ3n) is 2.83. The zero-order valence-corrected chi connectivity index (χ0v) is 12.4. The van der Waals surface area contributed by atoms with Gasteiger partial charge in [-0.25, -0.2) is 18.1 Å². The highest BCUT2D eigenvalue weighted by Gasteiger charge is 2.23. The maximum Gasteiger partial charge on any atom is 0.259 e. The Labute approximate surface area is 122 Å². The van der Waals surface area contributed by atoms with Crippen molar-refractivity contribution in [2.75, 3.05) is 13.2 Å². The Morgan fingerprint density at radius 3 is 2.85 bits per heavy atom. The molecule has 0 aliphatic rings. The van der Waals surface area contributed by atoms with Crippen molar-refractivity contribution in [3.8, 4) is 0 Å². The minimum absolute atomic E-state index is 0.0425. The van der Waals surface area contributed by atoms with E-state index in [4.69, 9.17) is 16.7 Å². The number of rotatable bonds is 7. The maximum atomic E-state index is 12.3. The third-order valence-corrected chi connectivity index (χ3v) is 4.69. The van der Waals surface area contributed by atoms with Crippen molar-refractivity contribution < 1.29 is 13.5 Å². The minimum atomic E-state index is -3.71. The van der Waals surface area contributed by atoms with Crippen LogP contribution in [0.2, 0.25) is 5.15 Å². The average Bonchev–Trinajstić information content (AvgIpc) is 2.75. The van der Waals surface area contributed by atoms with Gasteiger partial charge >= 0.3 is 0 Å². The number of hydrogen-bond acceptors (Lipinski definition) is 4. The molecule has 0 aliphatic carbocycles. The third kappa shape index (κ3) is 3.29. The van der Waals surface area contributed by atoms with Gasteiger partial charge in [0.05, 0.1) is 0 Å². The Morgan fingerprint density at radius 1 is 1.30 bits per heavy atom. The van der Waals surface area contributed by atoms with Gasteiger partial charge in [0.2, 0.25) is 0 Å². The first-order chi connectivity index (χ1) is 9.56. The van der Waals surface area contributed by atoms with E-state index in [1.165, 1.54) is 4.40 Å². The summed E-state index contributed by atoms with van der Waals surface area (Å²) in [6.45, 7) is 0.421. The lowest BCUT2D eigenvalue weighted by molar-refractivity contribution is 0.283. The summed E-state index contributed by atoms with van der Waals surface area (Å²) in [6, 6.07) is 5.16. The van der Waals surface area contributed by atoms with Gasteiger partial charge in [0.15, 0.2) is 10.2 Å². The summed E-state index contributed by atoms with van der Waals surface area (Å²) < 4.78 is 28.5. The number of aromatic nitrogens is 2. The normalized spacial score (nSPS) is 12.1. The summed E-state index contributed by atoms with van der Waals surface area (Å²) in [5.74, 6) is 0. The number of fused-ring (bicyclic) bond motifs is 1. The molecule has 8 heteroatoms. The molecule has 0 fully saturated rings. The molecule has 2 aromatic rings. The number of nitrogens with one attached hydrogen (secondary N) is 1. The molecule has 110 valence electrons. The van der Waals surface area contributed by atoms with E-state index < -0.39 is 10.0 Å². The van der Waals surface area contributed by atoms with E-state index in [0.29, 0.717) is 25.0 Å². The van der Waals surface area contributed by atoms with Gasteiger partial charge in [-0.3, -0.25) is 4.40 Å². The first-order valence-corrected chi connectivity index (χ1v) is 8.15. The van der Waals surface area contributed by atoms with E-state index >= 15 is 0 Å². The van der Waals surface area contributed by atoms with Gasteiger partial charge < -0.3 is 5.11 Å². The van der Waals surface area contributed by atoms with Crippen LogP contribution in [0, 0.1) is 0 Å². The van der Waals surface area contributed by atoms with E-state index in [0.717, 1.165) is 6.42 Å². The van der Waals surface area contributed by atoms with Gasteiger partial charge in [0.1, 0.15) is 5.65 Å². The van der Waals surface area contributed by atoms with Crippen LogP contribution in [0.4, 0.5) is 0 Å². The Morgan fingerprint density at radius 2 is 2.10 bits per heavy atom. The van der Waals surface area contributed by atoms with E-state index in [1.54, 1.807) is 24.4 Å². The van der Waals surface area contributed by atoms with Gasteiger partial charge in [-0.05, 0) is 31.4 Å². The number of aliphatic hydroxyl groups is 1. The predicted molar refractivity (Wildman–Crippen MR) is 76.3 cm³/mol. The molecule has 0 radical (unpaired) electrons. The molecule has 0 aliphatic heterocycles. The highest BCUT2D eigenvalue weighted by Crippen LogP contribution is 2.22. The molecule has 0 amide bonds. The fourth-order valence-corrected chi connectivity index (χ4v) is 3.59. The molecule has 0 spiro atoms.